The number of hydrogen-bond donors (Lipinski definition) is 0. The van der Waals surface area contributed by atoms with Crippen LogP contribution in [0.3, 0.4) is 0 Å². The molecule has 71 heavy (non-hydrogen) atoms. The Morgan fingerprint density at radius 2 is 1.10 bits per heavy atom. The van der Waals surface area contributed by atoms with Crippen molar-refractivity contribution in [2.75, 3.05) is 9.80 Å². The summed E-state index contributed by atoms with van der Waals surface area (Å²) in [6, 6.07) is 79.4. The Bertz CT molecular complexity index is 3730. The number of halogens is 1. The minimum absolute atomic E-state index is 0. The van der Waals surface area contributed by atoms with Gasteiger partial charge in [0.25, 0.3) is 0 Å². The third-order valence-corrected chi connectivity index (χ3v) is 13.2. The molecule has 12 rings (SSSR count). The number of hydrogen-bond acceptors (Lipinski definition) is 4. The van der Waals surface area contributed by atoms with Crippen molar-refractivity contribution >= 4 is 44.6 Å². The van der Waals surface area contributed by atoms with Gasteiger partial charge in [-0.05, 0) is 86.6 Å². The second-order valence-corrected chi connectivity index (χ2v) is 18.6. The predicted molar refractivity (Wildman–Crippen MR) is 285 cm³/mol. The van der Waals surface area contributed by atoms with Crippen LogP contribution in [0.1, 0.15) is 26.3 Å². The van der Waals surface area contributed by atoms with E-state index in [0.29, 0.717) is 11.5 Å². The van der Waals surface area contributed by atoms with E-state index >= 15 is 0 Å². The summed E-state index contributed by atoms with van der Waals surface area (Å²) >= 11 is 0. The average Bonchev–Trinajstić information content (AvgIpc) is 3.95. The molecule has 0 fully saturated rings. The van der Waals surface area contributed by atoms with Crippen molar-refractivity contribution in [3.05, 3.63) is 249 Å². The largest absolute Gasteiger partial charge is 0.509 e. The standard InChI is InChI=1S/C64H46FN4O.Pt/c1-64(2,3)47-35-36-66-62(39-47)69-58-26-13-12-23-56(58)57-34-33-50(41-61(57)69)70-51-38-46(53-22-11-10-21-52(53)43-17-6-4-7-18-43)37-49(40-51)67-42-68(60-28-15-14-27-59(60)67)63-54(44-19-8-5-9-20-44)24-16-25-55(63)45-29-31-48(65)32-30-45;/h4-39,42H,1-3H3;/q-3;. The normalized spacial score (nSPS) is 12.3. The molecular weight excluding hydrogens is 1050 g/mol. The van der Waals surface area contributed by atoms with Gasteiger partial charge < -0.3 is 19.1 Å². The van der Waals surface area contributed by atoms with Crippen molar-refractivity contribution in [3.8, 4) is 61.8 Å². The van der Waals surface area contributed by atoms with Crippen molar-refractivity contribution in [2.24, 2.45) is 0 Å². The van der Waals surface area contributed by atoms with Crippen LogP contribution in [0.15, 0.2) is 219 Å². The smallest absolute Gasteiger partial charge is 0.135 e. The molecule has 0 spiro atoms. The fourth-order valence-corrected chi connectivity index (χ4v) is 9.77. The SMILES string of the molecule is CC(C)(C)c1ccnc(-n2c3[c-]c(Oc4[c-]c(N5[CH-]N(c6c(-c7ccccc7)cccc6-c6ccc(F)cc6)c6ccccc65)cc(-c5ccccc5-c5ccccc5)c4)ccc3c3ccccc32)c1.[Pt]. The fourth-order valence-electron chi connectivity index (χ4n) is 9.77. The average molecular weight is 1100 g/mol. The first-order valence-electron chi connectivity index (χ1n) is 23.5. The van der Waals surface area contributed by atoms with Gasteiger partial charge in [0.2, 0.25) is 0 Å². The Balaban J connectivity index is 0.00000547. The number of benzene rings is 9. The predicted octanol–water partition coefficient (Wildman–Crippen LogP) is 17.1. The van der Waals surface area contributed by atoms with Crippen LogP contribution in [-0.4, -0.2) is 9.55 Å². The molecule has 0 aliphatic carbocycles. The number of para-hydroxylation sites is 4. The van der Waals surface area contributed by atoms with Crippen LogP contribution in [0.4, 0.5) is 27.1 Å². The summed E-state index contributed by atoms with van der Waals surface area (Å²) in [5, 5.41) is 2.17. The molecule has 0 radical (unpaired) electrons. The molecule has 0 bridgehead atoms. The first-order chi connectivity index (χ1) is 34.2. The van der Waals surface area contributed by atoms with Gasteiger partial charge in [-0.1, -0.05) is 172 Å². The van der Waals surface area contributed by atoms with Crippen LogP contribution in [0.2, 0.25) is 0 Å². The number of fused-ring (bicyclic) bond motifs is 4. The zero-order valence-corrected chi connectivity index (χ0v) is 41.5. The first-order valence-corrected chi connectivity index (χ1v) is 23.5. The number of anilines is 4. The Morgan fingerprint density at radius 3 is 1.80 bits per heavy atom. The summed E-state index contributed by atoms with van der Waals surface area (Å²) < 4.78 is 23.6. The number of aromatic nitrogens is 2. The van der Waals surface area contributed by atoms with Gasteiger partial charge in [0, 0.05) is 72.5 Å². The minimum Gasteiger partial charge on any atom is -0.509 e. The van der Waals surface area contributed by atoms with Crippen LogP contribution in [0, 0.1) is 24.6 Å². The van der Waals surface area contributed by atoms with Gasteiger partial charge in [0.1, 0.15) is 11.6 Å². The Morgan fingerprint density at radius 1 is 0.507 bits per heavy atom. The molecule has 0 N–H and O–H groups in total. The molecule has 0 saturated carbocycles. The van der Waals surface area contributed by atoms with Crippen LogP contribution < -0.4 is 14.5 Å². The van der Waals surface area contributed by atoms with E-state index in [1.807, 2.05) is 36.5 Å². The van der Waals surface area contributed by atoms with Crippen LogP contribution in [-0.2, 0) is 26.5 Å². The van der Waals surface area contributed by atoms with E-state index in [-0.39, 0.29) is 32.3 Å². The van der Waals surface area contributed by atoms with Crippen LogP contribution in [0.5, 0.6) is 11.5 Å². The quantitative estimate of drug-likeness (QED) is 0.135. The molecule has 9 aromatic carbocycles. The van der Waals surface area contributed by atoms with Crippen molar-refractivity contribution in [3.63, 3.8) is 0 Å². The Labute approximate surface area is 428 Å². The monoisotopic (exact) mass is 1100 g/mol. The maximum Gasteiger partial charge on any atom is 0.135 e. The molecule has 2 aromatic heterocycles. The summed E-state index contributed by atoms with van der Waals surface area (Å²) in [6.07, 6.45) is 1.89. The minimum atomic E-state index is -0.279. The van der Waals surface area contributed by atoms with Crippen molar-refractivity contribution in [1.29, 1.82) is 0 Å². The summed E-state index contributed by atoms with van der Waals surface area (Å²) in [4.78, 5) is 9.34. The van der Waals surface area contributed by atoms with Gasteiger partial charge in [0.15, 0.2) is 0 Å². The number of nitrogens with zero attached hydrogens (tertiary/aromatic N) is 4. The van der Waals surface area contributed by atoms with Gasteiger partial charge in [0.05, 0.1) is 0 Å². The molecule has 5 nitrogen and oxygen atoms in total. The fraction of sp³-hybridized carbons (Fsp3) is 0.0625. The number of ether oxygens (including phenoxy) is 1. The van der Waals surface area contributed by atoms with Gasteiger partial charge >= 0.3 is 0 Å². The second kappa shape index (κ2) is 18.7. The summed E-state index contributed by atoms with van der Waals surface area (Å²) in [6.45, 7) is 8.80. The van der Waals surface area contributed by atoms with E-state index in [1.165, 1.54) is 17.7 Å². The Kier molecular flexibility index (Phi) is 12.0. The van der Waals surface area contributed by atoms with Crippen LogP contribution in [0.25, 0.3) is 72.1 Å². The van der Waals surface area contributed by atoms with Gasteiger partial charge in [-0.15, -0.1) is 53.6 Å². The molecule has 3 heterocycles. The third-order valence-electron chi connectivity index (χ3n) is 13.2. The molecule has 0 saturated heterocycles. The molecule has 11 aromatic rings. The molecule has 0 amide bonds. The van der Waals surface area contributed by atoms with Crippen LogP contribution >= 0.6 is 0 Å². The zero-order valence-electron chi connectivity index (χ0n) is 39.3. The Hall–Kier alpha value is -8.05. The van der Waals surface area contributed by atoms with E-state index in [9.17, 15) is 4.39 Å². The number of pyridine rings is 1. The van der Waals surface area contributed by atoms with E-state index < -0.39 is 0 Å². The van der Waals surface area contributed by atoms with Gasteiger partial charge in [-0.2, -0.15) is 6.07 Å². The molecular formula is C64H46FN4OPt-3. The second-order valence-electron chi connectivity index (χ2n) is 18.6. The third kappa shape index (κ3) is 8.49. The topological polar surface area (TPSA) is 33.5 Å². The van der Waals surface area contributed by atoms with E-state index in [2.05, 4.69) is 224 Å². The molecule has 7 heteroatoms. The van der Waals surface area contributed by atoms with E-state index in [0.717, 1.165) is 94.9 Å². The van der Waals surface area contributed by atoms with Crippen molar-refractivity contribution < 1.29 is 30.2 Å². The molecule has 0 unspecified atom stereocenters. The van der Waals surface area contributed by atoms with Crippen molar-refractivity contribution in [1.82, 2.24) is 9.55 Å². The van der Waals surface area contributed by atoms with E-state index in [1.54, 1.807) is 0 Å². The van der Waals surface area contributed by atoms with Gasteiger partial charge in [-0.3, -0.25) is 0 Å². The summed E-state index contributed by atoms with van der Waals surface area (Å²) in [7, 11) is 0. The molecule has 1 aliphatic heterocycles. The first kappa shape index (κ1) is 45.4. The zero-order chi connectivity index (χ0) is 47.3. The molecule has 0 atom stereocenters. The molecule has 1 aliphatic rings. The maximum absolute atomic E-state index is 14.4. The number of rotatable bonds is 9. The summed E-state index contributed by atoms with van der Waals surface area (Å²) in [5.74, 6) is 1.62. The van der Waals surface area contributed by atoms with E-state index in [4.69, 9.17) is 9.72 Å². The van der Waals surface area contributed by atoms with Crippen molar-refractivity contribution in [2.45, 2.75) is 26.2 Å². The molecule has 348 valence electrons. The maximum atomic E-state index is 14.4. The van der Waals surface area contributed by atoms with Gasteiger partial charge in [-0.25, -0.2) is 9.37 Å². The summed E-state index contributed by atoms with van der Waals surface area (Å²) in [5.41, 5.74) is 15.0.